The van der Waals surface area contributed by atoms with Gasteiger partial charge in [0.15, 0.2) is 0 Å². The molecular formula is C14H27N3O. The molecule has 2 N–H and O–H groups in total. The van der Waals surface area contributed by atoms with E-state index in [0.717, 1.165) is 38.1 Å². The zero-order valence-corrected chi connectivity index (χ0v) is 11.8. The molecule has 0 saturated heterocycles. The van der Waals surface area contributed by atoms with Crippen molar-refractivity contribution in [2.45, 2.75) is 39.0 Å². The number of nitrogens with zero attached hydrogens (tertiary/aromatic N) is 1. The molecule has 0 fully saturated rings. The summed E-state index contributed by atoms with van der Waals surface area (Å²) in [6.07, 6.45) is 8.07. The minimum absolute atomic E-state index is 0.507. The van der Waals surface area contributed by atoms with Gasteiger partial charge in [-0.15, -0.1) is 0 Å². The van der Waals surface area contributed by atoms with Crippen molar-refractivity contribution in [1.82, 2.24) is 10.4 Å². The maximum atomic E-state index is 7.98. The molecule has 0 spiro atoms. The van der Waals surface area contributed by atoms with Gasteiger partial charge in [-0.25, -0.2) is 0 Å². The average Bonchev–Trinajstić information content (AvgIpc) is 2.37. The highest BCUT2D eigenvalue weighted by Gasteiger charge is 2.12. The minimum Gasteiger partial charge on any atom is -0.304 e. The van der Waals surface area contributed by atoms with Crippen molar-refractivity contribution in [3.05, 3.63) is 11.6 Å². The van der Waals surface area contributed by atoms with E-state index in [1.165, 1.54) is 19.3 Å². The standard InChI is InChI=1S/C14H27N3O/c1-3-4-5-6-10-18-16-11-14(15)13-8-7-9-17(2)12-13/h8,15-16H,3-7,9-12H2,1-2H3. The lowest BCUT2D eigenvalue weighted by Gasteiger charge is -2.23. The predicted molar refractivity (Wildman–Crippen MR) is 76.0 cm³/mol. The Bertz CT molecular complexity index is 276. The van der Waals surface area contributed by atoms with Crippen LogP contribution in [0.2, 0.25) is 0 Å². The van der Waals surface area contributed by atoms with Crippen molar-refractivity contribution in [1.29, 1.82) is 5.41 Å². The average molecular weight is 253 g/mol. The topological polar surface area (TPSA) is 48.4 Å². The molecule has 0 aromatic rings. The van der Waals surface area contributed by atoms with E-state index in [1.54, 1.807) is 0 Å². The quantitative estimate of drug-likeness (QED) is 0.377. The fourth-order valence-corrected chi connectivity index (χ4v) is 2.02. The van der Waals surface area contributed by atoms with Gasteiger partial charge in [-0.1, -0.05) is 32.3 Å². The van der Waals surface area contributed by atoms with Gasteiger partial charge < -0.3 is 15.1 Å². The molecular weight excluding hydrogens is 226 g/mol. The summed E-state index contributed by atoms with van der Waals surface area (Å²) in [7, 11) is 2.10. The van der Waals surface area contributed by atoms with Crippen LogP contribution in [0.3, 0.4) is 0 Å². The Morgan fingerprint density at radius 2 is 2.28 bits per heavy atom. The summed E-state index contributed by atoms with van der Waals surface area (Å²) in [4.78, 5) is 7.58. The molecule has 1 aliphatic heterocycles. The van der Waals surface area contributed by atoms with Gasteiger partial charge in [0.1, 0.15) is 0 Å². The van der Waals surface area contributed by atoms with Crippen LogP contribution in [0.5, 0.6) is 0 Å². The van der Waals surface area contributed by atoms with Gasteiger partial charge in [0.25, 0.3) is 0 Å². The van der Waals surface area contributed by atoms with Gasteiger partial charge in [0.2, 0.25) is 0 Å². The molecule has 4 heteroatoms. The van der Waals surface area contributed by atoms with Crippen molar-refractivity contribution >= 4 is 5.71 Å². The SMILES string of the molecule is CCCCCCONCC(=N)C1=CCCN(C)C1. The van der Waals surface area contributed by atoms with E-state index in [9.17, 15) is 0 Å². The Hall–Kier alpha value is -0.710. The Kier molecular flexibility index (Phi) is 7.89. The summed E-state index contributed by atoms with van der Waals surface area (Å²) in [6, 6.07) is 0. The van der Waals surface area contributed by atoms with Crippen LogP contribution in [-0.2, 0) is 4.84 Å². The highest BCUT2D eigenvalue weighted by atomic mass is 16.6. The Balaban J connectivity index is 2.05. The van der Waals surface area contributed by atoms with E-state index in [1.807, 2.05) is 0 Å². The number of hydroxylamine groups is 1. The van der Waals surface area contributed by atoms with E-state index in [-0.39, 0.29) is 0 Å². The lowest BCUT2D eigenvalue weighted by atomic mass is 10.1. The summed E-state index contributed by atoms with van der Waals surface area (Å²) in [5, 5.41) is 7.98. The molecule has 0 bridgehead atoms. The molecule has 0 atom stereocenters. The lowest BCUT2D eigenvalue weighted by Crippen LogP contribution is -2.32. The first-order chi connectivity index (χ1) is 8.74. The number of rotatable bonds is 9. The smallest absolute Gasteiger partial charge is 0.0682 e. The Morgan fingerprint density at radius 3 is 3.00 bits per heavy atom. The molecule has 1 aliphatic rings. The second-order valence-corrected chi connectivity index (χ2v) is 4.96. The molecule has 0 unspecified atom stereocenters. The van der Waals surface area contributed by atoms with Crippen LogP contribution in [0.25, 0.3) is 0 Å². The van der Waals surface area contributed by atoms with Crippen LogP contribution >= 0.6 is 0 Å². The number of hydrogen-bond donors (Lipinski definition) is 2. The van der Waals surface area contributed by atoms with E-state index in [2.05, 4.69) is 30.4 Å². The number of likely N-dealkylation sites (N-methyl/N-ethyl adjacent to an activating group) is 1. The third-order valence-corrected chi connectivity index (χ3v) is 3.18. The maximum absolute atomic E-state index is 7.98. The van der Waals surface area contributed by atoms with Gasteiger partial charge in [0.05, 0.1) is 18.9 Å². The molecule has 18 heavy (non-hydrogen) atoms. The summed E-state index contributed by atoms with van der Waals surface area (Å²) in [5.74, 6) is 0. The predicted octanol–water partition coefficient (Wildman–Crippen LogP) is 2.37. The summed E-state index contributed by atoms with van der Waals surface area (Å²) in [6.45, 7) is 5.43. The number of unbranched alkanes of at least 4 members (excludes halogenated alkanes) is 3. The highest BCUT2D eigenvalue weighted by molar-refractivity contribution is 5.99. The second-order valence-electron chi connectivity index (χ2n) is 4.96. The molecule has 0 aliphatic carbocycles. The van der Waals surface area contributed by atoms with Crippen molar-refractivity contribution < 1.29 is 4.84 Å². The van der Waals surface area contributed by atoms with E-state index in [0.29, 0.717) is 12.3 Å². The normalized spacial score (nSPS) is 16.7. The summed E-state index contributed by atoms with van der Waals surface area (Å²) >= 11 is 0. The highest BCUT2D eigenvalue weighted by Crippen LogP contribution is 2.08. The monoisotopic (exact) mass is 253 g/mol. The van der Waals surface area contributed by atoms with Crippen molar-refractivity contribution in [3.63, 3.8) is 0 Å². The lowest BCUT2D eigenvalue weighted by molar-refractivity contribution is 0.0481. The molecule has 0 radical (unpaired) electrons. The molecule has 1 rings (SSSR count). The molecule has 0 saturated carbocycles. The van der Waals surface area contributed by atoms with Gasteiger partial charge in [-0.05, 0) is 25.5 Å². The van der Waals surface area contributed by atoms with Gasteiger partial charge in [-0.3, -0.25) is 0 Å². The maximum Gasteiger partial charge on any atom is 0.0682 e. The molecule has 0 aromatic carbocycles. The van der Waals surface area contributed by atoms with Crippen LogP contribution in [0.4, 0.5) is 0 Å². The second kappa shape index (κ2) is 9.25. The molecule has 0 amide bonds. The van der Waals surface area contributed by atoms with E-state index in [4.69, 9.17) is 10.2 Å². The molecule has 1 heterocycles. The van der Waals surface area contributed by atoms with Gasteiger partial charge >= 0.3 is 0 Å². The summed E-state index contributed by atoms with van der Waals surface area (Å²) < 4.78 is 0. The summed E-state index contributed by atoms with van der Waals surface area (Å²) in [5.41, 5.74) is 4.67. The Morgan fingerprint density at radius 1 is 1.44 bits per heavy atom. The first kappa shape index (κ1) is 15.3. The fourth-order valence-electron chi connectivity index (χ4n) is 2.02. The fraction of sp³-hybridized carbons (Fsp3) is 0.786. The first-order valence-electron chi connectivity index (χ1n) is 7.04. The van der Waals surface area contributed by atoms with E-state index >= 15 is 0 Å². The zero-order valence-electron chi connectivity index (χ0n) is 11.8. The molecule has 104 valence electrons. The molecule has 4 nitrogen and oxygen atoms in total. The van der Waals surface area contributed by atoms with Crippen LogP contribution in [0.15, 0.2) is 11.6 Å². The number of nitrogens with one attached hydrogen (secondary N) is 2. The minimum atomic E-state index is 0.507. The van der Waals surface area contributed by atoms with Gasteiger partial charge in [0, 0.05) is 13.1 Å². The first-order valence-corrected chi connectivity index (χ1v) is 7.04. The number of hydrogen-bond acceptors (Lipinski definition) is 4. The largest absolute Gasteiger partial charge is 0.304 e. The van der Waals surface area contributed by atoms with Crippen LogP contribution in [0, 0.1) is 5.41 Å². The zero-order chi connectivity index (χ0) is 13.2. The van der Waals surface area contributed by atoms with Crippen LogP contribution in [0.1, 0.15) is 39.0 Å². The van der Waals surface area contributed by atoms with Crippen LogP contribution < -0.4 is 5.48 Å². The van der Waals surface area contributed by atoms with Crippen molar-refractivity contribution in [3.8, 4) is 0 Å². The van der Waals surface area contributed by atoms with Crippen LogP contribution in [-0.4, -0.2) is 43.9 Å². The van der Waals surface area contributed by atoms with E-state index < -0.39 is 0 Å². The third kappa shape index (κ3) is 6.28. The van der Waals surface area contributed by atoms with Gasteiger partial charge in [-0.2, -0.15) is 5.48 Å². The van der Waals surface area contributed by atoms with Crippen molar-refractivity contribution in [2.24, 2.45) is 0 Å². The van der Waals surface area contributed by atoms with Crippen molar-refractivity contribution in [2.75, 3.05) is 33.3 Å². The third-order valence-electron chi connectivity index (χ3n) is 3.18. The molecule has 0 aromatic heterocycles. The Labute approximate surface area is 111 Å².